The molecule has 0 aliphatic heterocycles. The van der Waals surface area contributed by atoms with Crippen LogP contribution in [0, 0.1) is 0 Å². The Labute approximate surface area is 311 Å². The number of nitrogens with one attached hydrogen (secondary N) is 1. The van der Waals surface area contributed by atoms with Gasteiger partial charge < -0.3 is 19.7 Å². The number of benzene rings is 5. The third-order valence-electron chi connectivity index (χ3n) is 8.54. The van der Waals surface area contributed by atoms with Crippen molar-refractivity contribution in [3.63, 3.8) is 0 Å². The quantitative estimate of drug-likeness (QED) is 0.0420. The van der Waals surface area contributed by atoms with Crippen LogP contribution in [0.1, 0.15) is 56.8 Å². The number of hydrogen-bond donors (Lipinski definition) is 1. The molecule has 0 saturated carbocycles. The van der Waals surface area contributed by atoms with E-state index in [1.54, 1.807) is 31.2 Å². The van der Waals surface area contributed by atoms with E-state index in [0.717, 1.165) is 55.2 Å². The van der Waals surface area contributed by atoms with Gasteiger partial charge in [0, 0.05) is 46.4 Å². The van der Waals surface area contributed by atoms with Crippen LogP contribution in [0.25, 0.3) is 10.8 Å². The highest BCUT2D eigenvalue weighted by Gasteiger charge is 2.11. The van der Waals surface area contributed by atoms with Crippen molar-refractivity contribution in [1.82, 2.24) is 0 Å². The molecule has 0 aliphatic rings. The second-order valence-corrected chi connectivity index (χ2v) is 12.4. The fraction of sp³-hybridized carbons (Fsp3) is 0.256. The summed E-state index contributed by atoms with van der Waals surface area (Å²) in [6, 6.07) is 34.0. The van der Waals surface area contributed by atoms with E-state index in [1.807, 2.05) is 72.8 Å². The van der Waals surface area contributed by atoms with E-state index in [2.05, 4.69) is 63.2 Å². The maximum atomic E-state index is 13.2. The summed E-state index contributed by atoms with van der Waals surface area (Å²) in [5.74, 6) is 0.132. The van der Waals surface area contributed by atoms with Gasteiger partial charge in [0.15, 0.2) is 0 Å². The molecule has 1 amide bonds. The number of hydrogen-bond acceptors (Lipinski definition) is 9. The van der Waals surface area contributed by atoms with Crippen molar-refractivity contribution in [2.75, 3.05) is 36.5 Å². The molecule has 5 aromatic carbocycles. The van der Waals surface area contributed by atoms with Crippen LogP contribution in [0.2, 0.25) is 0 Å². The Kier molecular flexibility index (Phi) is 14.0. The lowest BCUT2D eigenvalue weighted by Crippen LogP contribution is -2.21. The molecule has 0 radical (unpaired) electrons. The molecule has 1 N–H and O–H groups in total. The Morgan fingerprint density at radius 2 is 1.23 bits per heavy atom. The summed E-state index contributed by atoms with van der Waals surface area (Å²) in [7, 11) is 0. The van der Waals surface area contributed by atoms with Crippen LogP contribution < -0.4 is 15.0 Å². The molecule has 10 nitrogen and oxygen atoms in total. The van der Waals surface area contributed by atoms with Crippen molar-refractivity contribution in [1.29, 1.82) is 0 Å². The van der Waals surface area contributed by atoms with Crippen LogP contribution in [0.5, 0.6) is 5.75 Å². The van der Waals surface area contributed by atoms with Gasteiger partial charge in [0.2, 0.25) is 0 Å². The number of rotatable bonds is 18. The number of anilines is 2. The average molecular weight is 711 g/mol. The van der Waals surface area contributed by atoms with Crippen molar-refractivity contribution in [2.45, 2.75) is 46.5 Å². The predicted octanol–water partition coefficient (Wildman–Crippen LogP) is 11.8. The molecule has 0 bridgehead atoms. The number of esters is 1. The summed E-state index contributed by atoms with van der Waals surface area (Å²) in [6.07, 6.45) is 3.60. The first kappa shape index (κ1) is 38.1. The number of nitrogens with zero attached hydrogens (tertiary/aromatic N) is 5. The van der Waals surface area contributed by atoms with Crippen LogP contribution in [0.3, 0.4) is 0 Å². The van der Waals surface area contributed by atoms with Gasteiger partial charge in [0.1, 0.15) is 5.75 Å². The largest absolute Gasteiger partial charge is 0.494 e. The molecule has 0 unspecified atom stereocenters. The summed E-state index contributed by atoms with van der Waals surface area (Å²) in [6.45, 7) is 12.4. The lowest BCUT2D eigenvalue weighted by Gasteiger charge is -2.20. The Morgan fingerprint density at radius 3 is 1.83 bits per heavy atom. The molecule has 0 atom stereocenters. The van der Waals surface area contributed by atoms with E-state index in [0.29, 0.717) is 52.8 Å². The Hall–Kier alpha value is -6.16. The second kappa shape index (κ2) is 19.4. The minimum absolute atomic E-state index is 0.225. The van der Waals surface area contributed by atoms with E-state index in [1.165, 1.54) is 5.69 Å². The fourth-order valence-corrected chi connectivity index (χ4v) is 5.54. The molecular formula is C43H46N6O4. The number of carbonyl (C=O) groups excluding carboxylic acids is 2. The lowest BCUT2D eigenvalue weighted by molar-refractivity contribution is -0.139. The van der Waals surface area contributed by atoms with Gasteiger partial charge >= 0.3 is 5.97 Å². The van der Waals surface area contributed by atoms with Crippen molar-refractivity contribution < 1.29 is 19.1 Å². The normalized spacial score (nSPS) is 11.2. The highest BCUT2D eigenvalue weighted by Crippen LogP contribution is 2.33. The first-order chi connectivity index (χ1) is 25.8. The monoisotopic (exact) mass is 710 g/mol. The molecule has 272 valence electrons. The number of amides is 1. The SMILES string of the molecule is C=C(C)C(=O)OCCCCCCOc1ccc(C(=O)Nc2ccc(/N=N/c3ccc(/N=N/c4ccc(N(CC)CC)cc4)cc3)c3ccccc23)cc1. The number of fused-ring (bicyclic) bond motifs is 1. The number of carbonyl (C=O) groups is 2. The number of ether oxygens (including phenoxy) is 2. The fourth-order valence-electron chi connectivity index (χ4n) is 5.54. The molecule has 5 rings (SSSR count). The minimum Gasteiger partial charge on any atom is -0.494 e. The van der Waals surface area contributed by atoms with Crippen molar-refractivity contribution in [2.24, 2.45) is 20.5 Å². The Balaban J connectivity index is 1.13. The van der Waals surface area contributed by atoms with E-state index in [-0.39, 0.29) is 11.9 Å². The molecule has 5 aromatic rings. The molecule has 0 saturated heterocycles. The van der Waals surface area contributed by atoms with Gasteiger partial charge in [-0.25, -0.2) is 4.79 Å². The van der Waals surface area contributed by atoms with Gasteiger partial charge in [-0.05, 0) is 131 Å². The molecule has 0 fully saturated rings. The summed E-state index contributed by atoms with van der Waals surface area (Å²) in [5.41, 5.74) is 5.65. The lowest BCUT2D eigenvalue weighted by atomic mass is 10.1. The van der Waals surface area contributed by atoms with Crippen LogP contribution >= 0.6 is 0 Å². The van der Waals surface area contributed by atoms with Crippen LogP contribution in [-0.2, 0) is 9.53 Å². The maximum absolute atomic E-state index is 13.2. The summed E-state index contributed by atoms with van der Waals surface area (Å²) < 4.78 is 11.0. The first-order valence-corrected chi connectivity index (χ1v) is 18.0. The van der Waals surface area contributed by atoms with E-state index in [9.17, 15) is 9.59 Å². The molecule has 0 aromatic heterocycles. The summed E-state index contributed by atoms with van der Waals surface area (Å²) in [4.78, 5) is 26.9. The summed E-state index contributed by atoms with van der Waals surface area (Å²) in [5, 5.41) is 22.5. The zero-order chi connectivity index (χ0) is 37.4. The van der Waals surface area contributed by atoms with Gasteiger partial charge in [-0.3, -0.25) is 4.79 Å². The molecule has 53 heavy (non-hydrogen) atoms. The van der Waals surface area contributed by atoms with Gasteiger partial charge in [-0.15, -0.1) is 5.11 Å². The summed E-state index contributed by atoms with van der Waals surface area (Å²) >= 11 is 0. The van der Waals surface area contributed by atoms with Crippen molar-refractivity contribution in [3.8, 4) is 5.75 Å². The average Bonchev–Trinajstić information content (AvgIpc) is 3.19. The molecule has 0 heterocycles. The van der Waals surface area contributed by atoms with Crippen LogP contribution in [0.4, 0.5) is 34.1 Å². The molecule has 0 aliphatic carbocycles. The van der Waals surface area contributed by atoms with Gasteiger partial charge in [-0.1, -0.05) is 30.8 Å². The van der Waals surface area contributed by atoms with E-state index >= 15 is 0 Å². The topological polar surface area (TPSA) is 117 Å². The highest BCUT2D eigenvalue weighted by molar-refractivity contribution is 6.11. The molecule has 0 spiro atoms. The number of azo groups is 2. The second-order valence-electron chi connectivity index (χ2n) is 12.4. The third-order valence-corrected chi connectivity index (χ3v) is 8.54. The molecular weight excluding hydrogens is 665 g/mol. The van der Waals surface area contributed by atoms with E-state index < -0.39 is 0 Å². The van der Waals surface area contributed by atoms with Crippen molar-refractivity contribution in [3.05, 3.63) is 127 Å². The zero-order valence-corrected chi connectivity index (χ0v) is 30.6. The van der Waals surface area contributed by atoms with Gasteiger partial charge in [0.25, 0.3) is 5.91 Å². The maximum Gasteiger partial charge on any atom is 0.333 e. The number of unbranched alkanes of at least 4 members (excludes halogenated alkanes) is 3. The third kappa shape index (κ3) is 11.2. The minimum atomic E-state index is -0.345. The van der Waals surface area contributed by atoms with Crippen molar-refractivity contribution >= 4 is 56.8 Å². The van der Waals surface area contributed by atoms with Gasteiger partial charge in [-0.2, -0.15) is 15.3 Å². The zero-order valence-electron chi connectivity index (χ0n) is 30.6. The predicted molar refractivity (Wildman–Crippen MR) is 213 cm³/mol. The Bertz CT molecular complexity index is 2040. The Morgan fingerprint density at radius 1 is 0.660 bits per heavy atom. The van der Waals surface area contributed by atoms with E-state index in [4.69, 9.17) is 9.47 Å². The highest BCUT2D eigenvalue weighted by atomic mass is 16.5. The smallest absolute Gasteiger partial charge is 0.333 e. The molecule has 10 heteroatoms. The van der Waals surface area contributed by atoms with Crippen LogP contribution in [-0.4, -0.2) is 38.2 Å². The van der Waals surface area contributed by atoms with Crippen LogP contribution in [0.15, 0.2) is 142 Å². The standard InChI is InChI=1S/C43H46N6O4/c1-5-49(6-2)36-23-21-35(22-24-36)46-45-33-17-19-34(20-18-33)47-48-41-28-27-40(38-13-9-10-14-39(38)41)44-42(50)32-15-25-37(26-16-32)52-29-11-7-8-12-30-53-43(51)31(3)4/h9-10,13-28H,3,5-8,11-12,29-30H2,1-2,4H3,(H,44,50)/b46-45+,48-47+. The van der Waals surface area contributed by atoms with Gasteiger partial charge in [0.05, 0.1) is 36.0 Å². The first-order valence-electron chi connectivity index (χ1n) is 18.0.